The van der Waals surface area contributed by atoms with E-state index in [1.807, 2.05) is 24.3 Å². The van der Waals surface area contributed by atoms with E-state index in [9.17, 15) is 4.79 Å². The quantitative estimate of drug-likeness (QED) is 0.773. The fourth-order valence-corrected chi connectivity index (χ4v) is 1.92. The molecule has 0 bridgehead atoms. The van der Waals surface area contributed by atoms with Gasteiger partial charge in [0.25, 0.3) is 0 Å². The number of ether oxygens (including phenoxy) is 1. The summed E-state index contributed by atoms with van der Waals surface area (Å²) in [5.74, 6) is 1.03. The lowest BCUT2D eigenvalue weighted by Gasteiger charge is -2.13. The Balaban J connectivity index is 2.23. The zero-order chi connectivity index (χ0) is 11.4. The first kappa shape index (κ1) is 10.7. The smallest absolute Gasteiger partial charge is 0.410 e. The molecule has 0 fully saturated rings. The van der Waals surface area contributed by atoms with Crippen LogP contribution >= 0.6 is 0 Å². The number of allylic oxidation sites excluding steroid dienone is 2. The maximum Gasteiger partial charge on any atom is 0.412 e. The maximum absolute atomic E-state index is 11.2. The van der Waals surface area contributed by atoms with Gasteiger partial charge in [0.2, 0.25) is 0 Å². The van der Waals surface area contributed by atoms with Crippen molar-refractivity contribution in [1.82, 2.24) is 5.32 Å². The Morgan fingerprint density at radius 3 is 2.94 bits per heavy atom. The van der Waals surface area contributed by atoms with Crippen molar-refractivity contribution in [2.75, 3.05) is 7.05 Å². The minimum Gasteiger partial charge on any atom is -0.410 e. The lowest BCUT2D eigenvalue weighted by Crippen LogP contribution is -2.22. The Morgan fingerprint density at radius 2 is 2.25 bits per heavy atom. The Bertz CT molecular complexity index is 412. The van der Waals surface area contributed by atoms with Gasteiger partial charge in [-0.15, -0.1) is 0 Å². The van der Waals surface area contributed by atoms with Crippen molar-refractivity contribution >= 4 is 6.09 Å². The van der Waals surface area contributed by atoms with Gasteiger partial charge in [-0.3, -0.25) is 0 Å². The molecule has 1 aromatic carbocycles. The lowest BCUT2D eigenvalue weighted by molar-refractivity contribution is 0.202. The normalized spacial score (nSPS) is 18.4. The van der Waals surface area contributed by atoms with E-state index in [0.29, 0.717) is 11.7 Å². The highest BCUT2D eigenvalue weighted by Gasteiger charge is 2.17. The first-order chi connectivity index (χ1) is 7.81. The number of benzene rings is 1. The molecule has 1 aromatic rings. The fourth-order valence-electron chi connectivity index (χ4n) is 1.92. The van der Waals surface area contributed by atoms with Crippen molar-refractivity contribution in [3.05, 3.63) is 42.0 Å². The molecule has 0 saturated heterocycles. The maximum atomic E-state index is 11.2. The van der Waals surface area contributed by atoms with Gasteiger partial charge in [0.1, 0.15) is 5.75 Å². The summed E-state index contributed by atoms with van der Waals surface area (Å²) in [6, 6.07) is 7.69. The Morgan fingerprint density at radius 1 is 1.44 bits per heavy atom. The van der Waals surface area contributed by atoms with Gasteiger partial charge >= 0.3 is 6.09 Å². The third-order valence-electron chi connectivity index (χ3n) is 2.74. The lowest BCUT2D eigenvalue weighted by atomic mass is 9.98. The number of hydrogen-bond acceptors (Lipinski definition) is 2. The number of amides is 1. The molecule has 3 heteroatoms. The zero-order valence-corrected chi connectivity index (χ0v) is 9.27. The summed E-state index contributed by atoms with van der Waals surface area (Å²) in [5, 5.41) is 2.45. The molecule has 0 radical (unpaired) electrons. The van der Waals surface area contributed by atoms with Crippen LogP contribution in [0.2, 0.25) is 0 Å². The SMILES string of the molecule is CNC(=O)Oc1ccccc1[C@@H]1C=CCC1. The first-order valence-corrected chi connectivity index (χ1v) is 5.46. The number of carbonyl (C=O) groups excluding carboxylic acids is 1. The van der Waals surface area contributed by atoms with Crippen molar-refractivity contribution in [3.63, 3.8) is 0 Å². The first-order valence-electron chi connectivity index (χ1n) is 5.46. The minimum atomic E-state index is -0.422. The molecule has 0 unspecified atom stereocenters. The number of rotatable bonds is 2. The highest BCUT2D eigenvalue weighted by Crippen LogP contribution is 2.34. The minimum absolute atomic E-state index is 0.376. The van der Waals surface area contributed by atoms with E-state index in [4.69, 9.17) is 4.74 Å². The molecule has 1 atom stereocenters. The van der Waals surface area contributed by atoms with Crippen LogP contribution in [0.3, 0.4) is 0 Å². The molecule has 1 aliphatic carbocycles. The fraction of sp³-hybridized carbons (Fsp3) is 0.308. The van der Waals surface area contributed by atoms with E-state index < -0.39 is 6.09 Å². The molecule has 0 aromatic heterocycles. The van der Waals surface area contributed by atoms with Crippen LogP contribution in [-0.2, 0) is 0 Å². The highest BCUT2D eigenvalue weighted by molar-refractivity contribution is 5.70. The Hall–Kier alpha value is -1.77. The largest absolute Gasteiger partial charge is 0.412 e. The Labute approximate surface area is 95.1 Å². The van der Waals surface area contributed by atoms with Crippen LogP contribution in [0.1, 0.15) is 24.3 Å². The summed E-state index contributed by atoms with van der Waals surface area (Å²) in [5.41, 5.74) is 1.08. The molecular formula is C13H15NO2. The zero-order valence-electron chi connectivity index (χ0n) is 9.27. The molecule has 0 aliphatic heterocycles. The van der Waals surface area contributed by atoms with Gasteiger partial charge in [0, 0.05) is 18.5 Å². The molecule has 1 aliphatic rings. The van der Waals surface area contributed by atoms with Gasteiger partial charge in [-0.1, -0.05) is 30.4 Å². The highest BCUT2D eigenvalue weighted by atomic mass is 16.6. The monoisotopic (exact) mass is 217 g/mol. The van der Waals surface area contributed by atoms with E-state index in [1.165, 1.54) is 0 Å². The van der Waals surface area contributed by atoms with Crippen LogP contribution in [0.15, 0.2) is 36.4 Å². The molecule has 2 rings (SSSR count). The topological polar surface area (TPSA) is 38.3 Å². The summed E-state index contributed by atoms with van der Waals surface area (Å²) in [7, 11) is 1.56. The predicted molar refractivity (Wildman–Crippen MR) is 62.6 cm³/mol. The second kappa shape index (κ2) is 4.84. The molecule has 1 N–H and O–H groups in total. The van der Waals surface area contributed by atoms with E-state index >= 15 is 0 Å². The van der Waals surface area contributed by atoms with Gasteiger partial charge in [-0.05, 0) is 18.9 Å². The van der Waals surface area contributed by atoms with Crippen LogP contribution in [0.4, 0.5) is 4.79 Å². The summed E-state index contributed by atoms with van der Waals surface area (Å²) >= 11 is 0. The van der Waals surface area contributed by atoms with Crippen LogP contribution < -0.4 is 10.1 Å². The molecular weight excluding hydrogens is 202 g/mol. The van der Waals surface area contributed by atoms with Gasteiger partial charge in [0.15, 0.2) is 0 Å². The van der Waals surface area contributed by atoms with E-state index in [1.54, 1.807) is 7.05 Å². The van der Waals surface area contributed by atoms with Crippen LogP contribution in [-0.4, -0.2) is 13.1 Å². The van der Waals surface area contributed by atoms with E-state index in [-0.39, 0.29) is 0 Å². The van der Waals surface area contributed by atoms with Gasteiger partial charge < -0.3 is 10.1 Å². The predicted octanol–water partition coefficient (Wildman–Crippen LogP) is 2.84. The summed E-state index contributed by atoms with van der Waals surface area (Å²) in [6.07, 6.45) is 6.11. The number of para-hydroxylation sites is 1. The summed E-state index contributed by atoms with van der Waals surface area (Å²) in [6.45, 7) is 0. The summed E-state index contributed by atoms with van der Waals surface area (Å²) < 4.78 is 5.22. The molecule has 0 spiro atoms. The average molecular weight is 217 g/mol. The molecule has 3 nitrogen and oxygen atoms in total. The van der Waals surface area contributed by atoms with E-state index in [2.05, 4.69) is 17.5 Å². The van der Waals surface area contributed by atoms with E-state index in [0.717, 1.165) is 18.4 Å². The second-order valence-corrected chi connectivity index (χ2v) is 3.79. The standard InChI is InChI=1S/C13H15NO2/c1-14-13(15)16-12-9-5-4-8-11(12)10-6-2-3-7-10/h2,4-6,8-10H,3,7H2,1H3,(H,14,15)/t10-/m1/s1. The van der Waals surface area contributed by atoms with Crippen LogP contribution in [0.25, 0.3) is 0 Å². The number of hydrogen-bond donors (Lipinski definition) is 1. The van der Waals surface area contributed by atoms with Crippen LogP contribution in [0, 0.1) is 0 Å². The third kappa shape index (κ3) is 2.24. The molecule has 0 saturated carbocycles. The van der Waals surface area contributed by atoms with Crippen molar-refractivity contribution in [2.24, 2.45) is 0 Å². The van der Waals surface area contributed by atoms with Crippen molar-refractivity contribution < 1.29 is 9.53 Å². The molecule has 16 heavy (non-hydrogen) atoms. The van der Waals surface area contributed by atoms with Crippen molar-refractivity contribution in [3.8, 4) is 5.75 Å². The van der Waals surface area contributed by atoms with Gasteiger partial charge in [-0.2, -0.15) is 0 Å². The van der Waals surface area contributed by atoms with Gasteiger partial charge in [-0.25, -0.2) is 4.79 Å². The summed E-state index contributed by atoms with van der Waals surface area (Å²) in [4.78, 5) is 11.2. The molecule has 84 valence electrons. The number of carbonyl (C=O) groups is 1. The van der Waals surface area contributed by atoms with Crippen molar-refractivity contribution in [1.29, 1.82) is 0 Å². The molecule has 0 heterocycles. The number of nitrogens with one attached hydrogen (secondary N) is 1. The van der Waals surface area contributed by atoms with Gasteiger partial charge in [0.05, 0.1) is 0 Å². The third-order valence-corrected chi connectivity index (χ3v) is 2.74. The average Bonchev–Trinajstić information content (AvgIpc) is 2.83. The molecule has 1 amide bonds. The van der Waals surface area contributed by atoms with Crippen molar-refractivity contribution in [2.45, 2.75) is 18.8 Å². The second-order valence-electron chi connectivity index (χ2n) is 3.79. The Kier molecular flexibility index (Phi) is 3.25. The van der Waals surface area contributed by atoms with Crippen LogP contribution in [0.5, 0.6) is 5.75 Å².